The summed E-state index contributed by atoms with van der Waals surface area (Å²) in [5, 5.41) is 0.895. The summed E-state index contributed by atoms with van der Waals surface area (Å²) in [5.74, 6) is 0. The highest BCUT2D eigenvalue weighted by Gasteiger charge is 2.23. The predicted molar refractivity (Wildman–Crippen MR) is 64.7 cm³/mol. The third-order valence-electron chi connectivity index (χ3n) is 2.58. The monoisotopic (exact) mass is 248 g/mol. The first-order valence-corrected chi connectivity index (χ1v) is 6.27. The Morgan fingerprint density at radius 2 is 1.94 bits per heavy atom. The summed E-state index contributed by atoms with van der Waals surface area (Å²) >= 11 is 1.62. The van der Waals surface area contributed by atoms with E-state index < -0.39 is 0 Å². The van der Waals surface area contributed by atoms with Gasteiger partial charge >= 0.3 is 0 Å². The average Bonchev–Trinajstić information content (AvgIpc) is 2.99. The van der Waals surface area contributed by atoms with E-state index in [2.05, 4.69) is 9.97 Å². The Labute approximate surface area is 103 Å². The molecule has 2 aromatic rings. The van der Waals surface area contributed by atoms with E-state index >= 15 is 0 Å². The minimum atomic E-state index is -0.283. The third kappa shape index (κ3) is 2.09. The van der Waals surface area contributed by atoms with Crippen LogP contribution in [-0.4, -0.2) is 23.2 Å². The number of pyridine rings is 1. The standard InChI is InChI=1S/C12H12N2O2S/c1-8-10(9-2-4-13-5-3-9)17-11(14-8)12-15-6-7-16-12/h2-5,12H,6-7H2,1H3. The number of thiazole rings is 1. The van der Waals surface area contributed by atoms with Gasteiger partial charge in [-0.2, -0.15) is 0 Å². The first kappa shape index (κ1) is 10.8. The molecule has 0 N–H and O–H groups in total. The quantitative estimate of drug-likeness (QED) is 0.819. The van der Waals surface area contributed by atoms with E-state index in [1.165, 1.54) is 0 Å². The second-order valence-electron chi connectivity index (χ2n) is 3.78. The molecule has 0 radical (unpaired) electrons. The summed E-state index contributed by atoms with van der Waals surface area (Å²) in [7, 11) is 0. The van der Waals surface area contributed by atoms with Crippen molar-refractivity contribution in [3.05, 3.63) is 35.2 Å². The largest absolute Gasteiger partial charge is 0.344 e. The molecule has 1 fully saturated rings. The lowest BCUT2D eigenvalue weighted by molar-refractivity contribution is -0.0442. The van der Waals surface area contributed by atoms with Gasteiger partial charge in [-0.25, -0.2) is 4.98 Å². The second-order valence-corrected chi connectivity index (χ2v) is 4.81. The number of aryl methyl sites for hydroxylation is 1. The lowest BCUT2D eigenvalue weighted by Gasteiger charge is -2.02. The fraction of sp³-hybridized carbons (Fsp3) is 0.333. The number of rotatable bonds is 2. The van der Waals surface area contributed by atoms with Crippen LogP contribution < -0.4 is 0 Å². The molecular formula is C12H12N2O2S. The molecule has 2 aromatic heterocycles. The van der Waals surface area contributed by atoms with Crippen molar-refractivity contribution >= 4 is 11.3 Å². The molecule has 5 heteroatoms. The summed E-state index contributed by atoms with van der Waals surface area (Å²) in [6, 6.07) is 3.97. The van der Waals surface area contributed by atoms with Crippen LogP contribution in [0.3, 0.4) is 0 Å². The van der Waals surface area contributed by atoms with Crippen molar-refractivity contribution in [2.75, 3.05) is 13.2 Å². The van der Waals surface area contributed by atoms with Crippen LogP contribution in [0, 0.1) is 6.92 Å². The van der Waals surface area contributed by atoms with Crippen LogP contribution >= 0.6 is 11.3 Å². The second kappa shape index (κ2) is 4.52. The topological polar surface area (TPSA) is 44.2 Å². The summed E-state index contributed by atoms with van der Waals surface area (Å²) < 4.78 is 10.9. The smallest absolute Gasteiger partial charge is 0.211 e. The summed E-state index contributed by atoms with van der Waals surface area (Å²) in [6.07, 6.45) is 3.29. The van der Waals surface area contributed by atoms with Gasteiger partial charge in [-0.05, 0) is 24.6 Å². The number of hydrogen-bond donors (Lipinski definition) is 0. The Balaban J connectivity index is 1.96. The number of aromatic nitrogens is 2. The maximum atomic E-state index is 5.46. The average molecular weight is 248 g/mol. The van der Waals surface area contributed by atoms with E-state index in [0.717, 1.165) is 21.1 Å². The van der Waals surface area contributed by atoms with Crippen molar-refractivity contribution in [2.24, 2.45) is 0 Å². The molecule has 1 saturated heterocycles. The van der Waals surface area contributed by atoms with Crippen molar-refractivity contribution in [1.82, 2.24) is 9.97 Å². The number of hydrogen-bond acceptors (Lipinski definition) is 5. The third-order valence-corrected chi connectivity index (χ3v) is 3.81. The maximum Gasteiger partial charge on any atom is 0.211 e. The van der Waals surface area contributed by atoms with Gasteiger partial charge in [0.05, 0.1) is 23.8 Å². The van der Waals surface area contributed by atoms with E-state index in [9.17, 15) is 0 Å². The lowest BCUT2D eigenvalue weighted by atomic mass is 10.2. The summed E-state index contributed by atoms with van der Waals surface area (Å²) in [5.41, 5.74) is 2.15. The summed E-state index contributed by atoms with van der Waals surface area (Å²) in [6.45, 7) is 3.30. The van der Waals surface area contributed by atoms with Crippen LogP contribution in [0.25, 0.3) is 10.4 Å². The molecule has 4 nitrogen and oxygen atoms in total. The van der Waals surface area contributed by atoms with Crippen LogP contribution in [0.5, 0.6) is 0 Å². The van der Waals surface area contributed by atoms with Crippen molar-refractivity contribution in [3.8, 4) is 10.4 Å². The molecule has 1 aliphatic rings. The zero-order valence-corrected chi connectivity index (χ0v) is 10.2. The van der Waals surface area contributed by atoms with Gasteiger partial charge in [0.1, 0.15) is 5.01 Å². The first-order valence-electron chi connectivity index (χ1n) is 5.45. The maximum absolute atomic E-state index is 5.46. The Bertz CT molecular complexity index is 506. The molecule has 17 heavy (non-hydrogen) atoms. The van der Waals surface area contributed by atoms with Gasteiger partial charge in [0.2, 0.25) is 6.29 Å². The van der Waals surface area contributed by atoms with E-state index in [0.29, 0.717) is 13.2 Å². The fourth-order valence-corrected chi connectivity index (χ4v) is 2.86. The van der Waals surface area contributed by atoms with Gasteiger partial charge in [0.15, 0.2) is 0 Å². The molecule has 3 heterocycles. The molecule has 0 saturated carbocycles. The molecule has 88 valence electrons. The number of nitrogens with zero attached hydrogens (tertiary/aromatic N) is 2. The zero-order valence-electron chi connectivity index (χ0n) is 9.42. The molecule has 3 rings (SSSR count). The molecule has 0 aromatic carbocycles. The van der Waals surface area contributed by atoms with Crippen LogP contribution in [0.4, 0.5) is 0 Å². The van der Waals surface area contributed by atoms with Gasteiger partial charge in [0.25, 0.3) is 0 Å². The van der Waals surface area contributed by atoms with Crippen molar-refractivity contribution in [3.63, 3.8) is 0 Å². The highest BCUT2D eigenvalue weighted by atomic mass is 32.1. The fourth-order valence-electron chi connectivity index (χ4n) is 1.79. The lowest BCUT2D eigenvalue weighted by Crippen LogP contribution is -1.96. The molecule has 0 aliphatic carbocycles. The van der Waals surface area contributed by atoms with E-state index in [4.69, 9.17) is 9.47 Å². The van der Waals surface area contributed by atoms with Crippen LogP contribution in [0.15, 0.2) is 24.5 Å². The highest BCUT2D eigenvalue weighted by molar-refractivity contribution is 7.15. The molecule has 0 atom stereocenters. The molecule has 0 spiro atoms. The Kier molecular flexibility index (Phi) is 2.88. The van der Waals surface area contributed by atoms with Gasteiger partial charge < -0.3 is 9.47 Å². The SMILES string of the molecule is Cc1nc(C2OCCO2)sc1-c1ccncc1. The molecule has 0 unspecified atom stereocenters. The van der Waals surface area contributed by atoms with Gasteiger partial charge in [-0.1, -0.05) is 0 Å². The van der Waals surface area contributed by atoms with Crippen molar-refractivity contribution in [2.45, 2.75) is 13.2 Å². The van der Waals surface area contributed by atoms with Gasteiger partial charge in [-0.3, -0.25) is 4.98 Å². The predicted octanol–water partition coefficient (Wildman–Crippen LogP) is 2.56. The number of ether oxygens (including phenoxy) is 2. The Morgan fingerprint density at radius 1 is 1.24 bits per heavy atom. The van der Waals surface area contributed by atoms with Gasteiger partial charge in [-0.15, -0.1) is 11.3 Å². The first-order chi connectivity index (χ1) is 8.34. The van der Waals surface area contributed by atoms with Gasteiger partial charge in [0, 0.05) is 12.4 Å². The van der Waals surface area contributed by atoms with Crippen LogP contribution in [0.2, 0.25) is 0 Å². The minimum Gasteiger partial charge on any atom is -0.344 e. The molecular weight excluding hydrogens is 236 g/mol. The summed E-state index contributed by atoms with van der Waals surface area (Å²) in [4.78, 5) is 9.69. The highest BCUT2D eigenvalue weighted by Crippen LogP contribution is 2.34. The molecule has 0 bridgehead atoms. The molecule has 1 aliphatic heterocycles. The Morgan fingerprint density at radius 3 is 2.65 bits per heavy atom. The van der Waals surface area contributed by atoms with E-state index in [1.807, 2.05) is 19.1 Å². The van der Waals surface area contributed by atoms with E-state index in [-0.39, 0.29) is 6.29 Å². The van der Waals surface area contributed by atoms with E-state index in [1.54, 1.807) is 23.7 Å². The zero-order chi connectivity index (χ0) is 11.7. The van der Waals surface area contributed by atoms with Crippen molar-refractivity contribution < 1.29 is 9.47 Å². The normalized spacial score (nSPS) is 16.5. The molecule has 0 amide bonds. The van der Waals surface area contributed by atoms with Crippen LogP contribution in [0.1, 0.15) is 17.0 Å². The van der Waals surface area contributed by atoms with Crippen molar-refractivity contribution in [1.29, 1.82) is 0 Å². The van der Waals surface area contributed by atoms with Crippen LogP contribution in [-0.2, 0) is 9.47 Å². The minimum absolute atomic E-state index is 0.283. The Hall–Kier alpha value is -1.30.